The summed E-state index contributed by atoms with van der Waals surface area (Å²) in [5.74, 6) is 1.28. The van der Waals surface area contributed by atoms with Gasteiger partial charge >= 0.3 is 0 Å². The Morgan fingerprint density at radius 2 is 1.92 bits per heavy atom. The van der Waals surface area contributed by atoms with Crippen molar-refractivity contribution in [3.05, 3.63) is 59.1 Å². The molecule has 1 aromatic heterocycles. The molecule has 0 fully saturated rings. The van der Waals surface area contributed by atoms with E-state index >= 15 is 0 Å². The van der Waals surface area contributed by atoms with Gasteiger partial charge in [0.05, 0.1) is 16.0 Å². The summed E-state index contributed by atoms with van der Waals surface area (Å²) in [6.45, 7) is 0.564. The highest BCUT2D eigenvalue weighted by Gasteiger charge is 2.06. The van der Waals surface area contributed by atoms with Crippen LogP contribution in [0.5, 0.6) is 0 Å². The minimum atomic E-state index is 0.0581. The Morgan fingerprint density at radius 1 is 1.16 bits per heavy atom. The summed E-state index contributed by atoms with van der Waals surface area (Å²) >= 11 is 3.30. The van der Waals surface area contributed by atoms with Gasteiger partial charge in [0.15, 0.2) is 0 Å². The Balaban J connectivity index is 1.42. The van der Waals surface area contributed by atoms with Crippen molar-refractivity contribution in [2.75, 3.05) is 24.7 Å². The van der Waals surface area contributed by atoms with Gasteiger partial charge in [-0.1, -0.05) is 24.3 Å². The van der Waals surface area contributed by atoms with Crippen LogP contribution in [0.1, 0.15) is 10.6 Å². The number of thiazole rings is 1. The van der Waals surface area contributed by atoms with Gasteiger partial charge in [-0.15, -0.1) is 23.1 Å². The van der Waals surface area contributed by atoms with Gasteiger partial charge in [-0.3, -0.25) is 4.79 Å². The van der Waals surface area contributed by atoms with Crippen LogP contribution in [0.15, 0.2) is 48.5 Å². The van der Waals surface area contributed by atoms with Crippen molar-refractivity contribution in [1.29, 1.82) is 0 Å². The number of benzene rings is 2. The number of hydrogen-bond donors (Lipinski definition) is 1. The van der Waals surface area contributed by atoms with Crippen molar-refractivity contribution >= 4 is 44.9 Å². The molecule has 3 rings (SSSR count). The smallest absolute Gasteiger partial charge is 0.230 e. The van der Waals surface area contributed by atoms with E-state index < -0.39 is 0 Å². The van der Waals surface area contributed by atoms with Crippen molar-refractivity contribution in [1.82, 2.24) is 10.3 Å². The van der Waals surface area contributed by atoms with Gasteiger partial charge in [-0.2, -0.15) is 0 Å². The second kappa shape index (κ2) is 8.36. The lowest BCUT2D eigenvalue weighted by Gasteiger charge is -2.12. The summed E-state index contributed by atoms with van der Waals surface area (Å²) in [6.07, 6.45) is 0. The molecule has 1 heterocycles. The standard InChI is InChI=1S/C19H21N3OS2/c1-22(2)15-9-7-14(8-10-15)11-20-18(23)12-24-13-19-21-16-5-3-4-6-17(16)25-19/h3-10H,11-13H2,1-2H3,(H,20,23). The first-order chi connectivity index (χ1) is 12.1. The molecule has 0 atom stereocenters. The minimum Gasteiger partial charge on any atom is -0.378 e. The van der Waals surface area contributed by atoms with Gasteiger partial charge in [0.2, 0.25) is 5.91 Å². The van der Waals surface area contributed by atoms with E-state index in [0.717, 1.165) is 27.5 Å². The molecular weight excluding hydrogens is 350 g/mol. The fourth-order valence-corrected chi connectivity index (χ4v) is 4.25. The van der Waals surface area contributed by atoms with Gasteiger partial charge in [0.25, 0.3) is 0 Å². The molecule has 0 saturated heterocycles. The van der Waals surface area contributed by atoms with Gasteiger partial charge in [-0.05, 0) is 29.8 Å². The van der Waals surface area contributed by atoms with E-state index in [1.54, 1.807) is 23.1 Å². The number of carbonyl (C=O) groups is 1. The molecule has 130 valence electrons. The van der Waals surface area contributed by atoms with Gasteiger partial charge in [0.1, 0.15) is 5.01 Å². The van der Waals surface area contributed by atoms with E-state index in [1.807, 2.05) is 44.4 Å². The molecule has 0 unspecified atom stereocenters. The summed E-state index contributed by atoms with van der Waals surface area (Å²) in [4.78, 5) is 18.6. The van der Waals surface area contributed by atoms with Gasteiger partial charge in [-0.25, -0.2) is 4.98 Å². The molecule has 0 aliphatic carbocycles. The largest absolute Gasteiger partial charge is 0.378 e. The molecule has 0 radical (unpaired) electrons. The van der Waals surface area contributed by atoms with E-state index in [4.69, 9.17) is 0 Å². The number of amides is 1. The number of para-hydroxylation sites is 1. The predicted molar refractivity (Wildman–Crippen MR) is 108 cm³/mol. The second-order valence-electron chi connectivity index (χ2n) is 5.91. The van der Waals surface area contributed by atoms with Crippen LogP contribution in [0.4, 0.5) is 5.69 Å². The number of nitrogens with one attached hydrogen (secondary N) is 1. The quantitative estimate of drug-likeness (QED) is 0.684. The summed E-state index contributed by atoms with van der Waals surface area (Å²) in [7, 11) is 4.03. The lowest BCUT2D eigenvalue weighted by atomic mass is 10.2. The van der Waals surface area contributed by atoms with E-state index in [0.29, 0.717) is 12.3 Å². The fourth-order valence-electron chi connectivity index (χ4n) is 2.38. The SMILES string of the molecule is CN(C)c1ccc(CNC(=O)CSCc2nc3ccccc3s2)cc1. The molecular formula is C19H21N3OS2. The Morgan fingerprint density at radius 3 is 2.64 bits per heavy atom. The van der Waals surface area contributed by atoms with E-state index in [1.165, 1.54) is 4.70 Å². The van der Waals surface area contributed by atoms with Crippen LogP contribution in [-0.2, 0) is 17.1 Å². The third-order valence-electron chi connectivity index (χ3n) is 3.74. The molecule has 0 saturated carbocycles. The molecule has 6 heteroatoms. The summed E-state index contributed by atoms with van der Waals surface area (Å²) in [5, 5.41) is 4.04. The van der Waals surface area contributed by atoms with E-state index in [-0.39, 0.29) is 5.91 Å². The number of thioether (sulfide) groups is 1. The predicted octanol–water partition coefficient (Wildman–Crippen LogP) is 3.91. The zero-order valence-electron chi connectivity index (χ0n) is 14.4. The number of carbonyl (C=O) groups excluding carboxylic acids is 1. The molecule has 1 amide bonds. The second-order valence-corrected chi connectivity index (χ2v) is 8.01. The van der Waals surface area contributed by atoms with Crippen LogP contribution in [0, 0.1) is 0 Å². The number of aromatic nitrogens is 1. The number of hydrogen-bond acceptors (Lipinski definition) is 5. The van der Waals surface area contributed by atoms with Crippen LogP contribution in [-0.4, -0.2) is 30.7 Å². The Bertz CT molecular complexity index is 810. The lowest BCUT2D eigenvalue weighted by Crippen LogP contribution is -2.24. The van der Waals surface area contributed by atoms with Crippen molar-refractivity contribution in [3.63, 3.8) is 0 Å². The number of anilines is 1. The first-order valence-electron chi connectivity index (χ1n) is 8.07. The molecule has 25 heavy (non-hydrogen) atoms. The zero-order chi connectivity index (χ0) is 17.6. The van der Waals surface area contributed by atoms with Gasteiger partial charge < -0.3 is 10.2 Å². The Hall–Kier alpha value is -2.05. The van der Waals surface area contributed by atoms with Crippen LogP contribution >= 0.6 is 23.1 Å². The fraction of sp³-hybridized carbons (Fsp3) is 0.263. The summed E-state index contributed by atoms with van der Waals surface area (Å²) in [5.41, 5.74) is 3.30. The maximum absolute atomic E-state index is 12.0. The number of fused-ring (bicyclic) bond motifs is 1. The third kappa shape index (κ3) is 4.96. The maximum Gasteiger partial charge on any atom is 0.230 e. The van der Waals surface area contributed by atoms with Crippen LogP contribution in [0.25, 0.3) is 10.2 Å². The molecule has 1 N–H and O–H groups in total. The summed E-state index contributed by atoms with van der Waals surface area (Å²) < 4.78 is 1.20. The molecule has 2 aromatic carbocycles. The number of rotatable bonds is 7. The lowest BCUT2D eigenvalue weighted by molar-refractivity contribution is -0.118. The van der Waals surface area contributed by atoms with Gasteiger partial charge in [0, 0.05) is 32.1 Å². The average Bonchev–Trinajstić information content (AvgIpc) is 3.03. The van der Waals surface area contributed by atoms with Crippen molar-refractivity contribution < 1.29 is 4.79 Å². The molecule has 3 aromatic rings. The van der Waals surface area contributed by atoms with Crippen LogP contribution in [0.3, 0.4) is 0 Å². The molecule has 4 nitrogen and oxygen atoms in total. The monoisotopic (exact) mass is 371 g/mol. The topological polar surface area (TPSA) is 45.2 Å². The number of nitrogens with zero attached hydrogens (tertiary/aromatic N) is 2. The Labute approximate surface area is 156 Å². The highest BCUT2D eigenvalue weighted by molar-refractivity contribution is 7.99. The van der Waals surface area contributed by atoms with Crippen molar-refractivity contribution in [2.45, 2.75) is 12.3 Å². The Kier molecular flexibility index (Phi) is 5.94. The average molecular weight is 372 g/mol. The van der Waals surface area contributed by atoms with E-state index in [2.05, 4.69) is 33.4 Å². The maximum atomic E-state index is 12.0. The molecule has 0 bridgehead atoms. The highest BCUT2D eigenvalue weighted by Crippen LogP contribution is 2.24. The summed E-state index contributed by atoms with van der Waals surface area (Å²) in [6, 6.07) is 16.3. The third-order valence-corrected chi connectivity index (χ3v) is 5.90. The molecule has 0 aliphatic rings. The first-order valence-corrected chi connectivity index (χ1v) is 10.0. The van der Waals surface area contributed by atoms with Crippen molar-refractivity contribution in [2.24, 2.45) is 0 Å². The first kappa shape index (κ1) is 17.8. The van der Waals surface area contributed by atoms with Crippen molar-refractivity contribution in [3.8, 4) is 0 Å². The van der Waals surface area contributed by atoms with Crippen LogP contribution < -0.4 is 10.2 Å². The minimum absolute atomic E-state index is 0.0581. The zero-order valence-corrected chi connectivity index (χ0v) is 16.0. The van der Waals surface area contributed by atoms with Crippen LogP contribution in [0.2, 0.25) is 0 Å². The molecule has 0 spiro atoms. The highest BCUT2D eigenvalue weighted by atomic mass is 32.2. The molecule has 0 aliphatic heterocycles. The van der Waals surface area contributed by atoms with E-state index in [9.17, 15) is 4.79 Å². The normalized spacial score (nSPS) is 10.8.